The number of thioether (sulfide) groups is 1. The van der Waals surface area contributed by atoms with Crippen molar-refractivity contribution in [3.63, 3.8) is 0 Å². The third kappa shape index (κ3) is 5.25. The van der Waals surface area contributed by atoms with Gasteiger partial charge in [0.05, 0.1) is 6.42 Å². The van der Waals surface area contributed by atoms with Gasteiger partial charge >= 0.3 is 5.97 Å². The number of rotatable bonds is 6. The lowest BCUT2D eigenvalue weighted by atomic mass is 10.1. The molecule has 104 valence electrons. The molecule has 19 heavy (non-hydrogen) atoms. The second kappa shape index (κ2) is 7.56. The summed E-state index contributed by atoms with van der Waals surface area (Å²) in [6, 6.07) is 10.5. The van der Waals surface area contributed by atoms with Gasteiger partial charge in [0.1, 0.15) is 0 Å². The van der Waals surface area contributed by atoms with Crippen LogP contribution in [0.4, 0.5) is 0 Å². The first-order valence-corrected chi connectivity index (χ1v) is 7.88. The van der Waals surface area contributed by atoms with Gasteiger partial charge in [-0.1, -0.05) is 30.3 Å². The van der Waals surface area contributed by atoms with Gasteiger partial charge in [-0.05, 0) is 24.9 Å². The number of hydrogen-bond donors (Lipinski definition) is 1. The Morgan fingerprint density at radius 2 is 2.16 bits per heavy atom. The molecule has 1 fully saturated rings. The summed E-state index contributed by atoms with van der Waals surface area (Å²) in [5, 5.41) is 9.37. The van der Waals surface area contributed by atoms with E-state index in [1.807, 2.05) is 17.8 Å². The van der Waals surface area contributed by atoms with E-state index >= 15 is 0 Å². The first-order chi connectivity index (χ1) is 9.24. The molecular formula is C15H21NO2S. The fourth-order valence-corrected chi connectivity index (χ4v) is 3.66. The van der Waals surface area contributed by atoms with Crippen LogP contribution >= 0.6 is 11.8 Å². The minimum absolute atomic E-state index is 0.260. The lowest BCUT2D eigenvalue weighted by molar-refractivity contribution is -0.137. The van der Waals surface area contributed by atoms with Crippen LogP contribution < -0.4 is 0 Å². The van der Waals surface area contributed by atoms with Crippen molar-refractivity contribution in [2.24, 2.45) is 0 Å². The number of likely N-dealkylation sites (tertiary alicyclic amines) is 1. The topological polar surface area (TPSA) is 40.5 Å². The molecule has 1 aromatic rings. The number of carbonyl (C=O) groups is 1. The lowest BCUT2D eigenvalue weighted by Gasteiger charge is -2.32. The number of piperidine rings is 1. The summed E-state index contributed by atoms with van der Waals surface area (Å²) in [7, 11) is 0. The Bertz CT molecular complexity index is 396. The molecular weight excluding hydrogens is 258 g/mol. The third-order valence-electron chi connectivity index (χ3n) is 3.43. The molecule has 0 radical (unpaired) electrons. The van der Waals surface area contributed by atoms with Crippen molar-refractivity contribution in [3.05, 3.63) is 35.9 Å². The zero-order valence-electron chi connectivity index (χ0n) is 11.1. The van der Waals surface area contributed by atoms with Gasteiger partial charge in [-0.3, -0.25) is 4.79 Å². The quantitative estimate of drug-likeness (QED) is 0.869. The van der Waals surface area contributed by atoms with Crippen LogP contribution in [0.5, 0.6) is 0 Å². The smallest absolute Gasteiger partial charge is 0.304 e. The zero-order chi connectivity index (χ0) is 13.5. The highest BCUT2D eigenvalue weighted by Crippen LogP contribution is 2.25. The molecule has 4 heteroatoms. The van der Waals surface area contributed by atoms with Gasteiger partial charge in [0, 0.05) is 24.1 Å². The normalized spacial score (nSPS) is 20.3. The van der Waals surface area contributed by atoms with Crippen molar-refractivity contribution in [1.82, 2.24) is 4.90 Å². The van der Waals surface area contributed by atoms with E-state index in [0.29, 0.717) is 11.8 Å². The monoisotopic (exact) mass is 279 g/mol. The maximum atomic E-state index is 10.6. The Kier molecular flexibility index (Phi) is 5.73. The Morgan fingerprint density at radius 1 is 1.37 bits per heavy atom. The summed E-state index contributed by atoms with van der Waals surface area (Å²) in [6.45, 7) is 2.78. The van der Waals surface area contributed by atoms with Crippen molar-refractivity contribution < 1.29 is 9.90 Å². The molecule has 1 N–H and O–H groups in total. The largest absolute Gasteiger partial charge is 0.481 e. The van der Waals surface area contributed by atoms with Gasteiger partial charge in [-0.25, -0.2) is 0 Å². The Hall–Kier alpha value is -1.00. The van der Waals surface area contributed by atoms with Crippen LogP contribution in [0.1, 0.15) is 24.8 Å². The third-order valence-corrected chi connectivity index (χ3v) is 4.79. The Labute approximate surface area is 119 Å². The first kappa shape index (κ1) is 14.4. The van der Waals surface area contributed by atoms with Crippen molar-refractivity contribution in [2.45, 2.75) is 30.3 Å². The molecule has 0 aromatic heterocycles. The highest BCUT2D eigenvalue weighted by Gasteiger charge is 2.20. The highest BCUT2D eigenvalue weighted by molar-refractivity contribution is 7.99. The van der Waals surface area contributed by atoms with E-state index < -0.39 is 5.97 Å². The van der Waals surface area contributed by atoms with Crippen LogP contribution in [0.25, 0.3) is 0 Å². The fourth-order valence-electron chi connectivity index (χ4n) is 2.39. The summed E-state index contributed by atoms with van der Waals surface area (Å²) in [5.74, 6) is 0.359. The van der Waals surface area contributed by atoms with Gasteiger partial charge in [0.15, 0.2) is 0 Å². The summed E-state index contributed by atoms with van der Waals surface area (Å²) < 4.78 is 0. The molecule has 1 aliphatic heterocycles. The van der Waals surface area contributed by atoms with E-state index in [1.54, 1.807) is 0 Å². The van der Waals surface area contributed by atoms with Crippen LogP contribution in [0.2, 0.25) is 0 Å². The number of aliphatic carboxylic acids is 1. The van der Waals surface area contributed by atoms with Gasteiger partial charge in [-0.15, -0.1) is 0 Å². The Balaban J connectivity index is 1.73. The number of hydrogen-bond acceptors (Lipinski definition) is 3. The lowest BCUT2D eigenvalue weighted by Crippen LogP contribution is -2.38. The first-order valence-electron chi connectivity index (χ1n) is 6.84. The molecule has 1 unspecified atom stereocenters. The van der Waals surface area contributed by atoms with E-state index in [9.17, 15) is 4.79 Å². The number of carboxylic acid groups (broad SMARTS) is 1. The van der Waals surface area contributed by atoms with Crippen LogP contribution in [-0.2, 0) is 10.5 Å². The average Bonchev–Trinajstić information content (AvgIpc) is 2.44. The Morgan fingerprint density at radius 3 is 2.89 bits per heavy atom. The van der Waals surface area contributed by atoms with Gasteiger partial charge in [0.25, 0.3) is 0 Å². The van der Waals surface area contributed by atoms with E-state index in [-0.39, 0.29) is 6.42 Å². The second-order valence-corrected chi connectivity index (χ2v) is 6.29. The molecule has 1 aromatic carbocycles. The molecule has 1 aliphatic rings. The summed E-state index contributed by atoms with van der Waals surface area (Å²) >= 11 is 2.00. The van der Waals surface area contributed by atoms with Gasteiger partial charge in [0.2, 0.25) is 0 Å². The molecule has 0 spiro atoms. The van der Waals surface area contributed by atoms with Crippen molar-refractivity contribution >= 4 is 17.7 Å². The molecule has 2 rings (SSSR count). The van der Waals surface area contributed by atoms with Crippen LogP contribution in [-0.4, -0.2) is 40.9 Å². The summed E-state index contributed by atoms with van der Waals surface area (Å²) in [4.78, 5) is 12.9. The molecule has 1 heterocycles. The average molecular weight is 279 g/mol. The molecule has 0 saturated carbocycles. The van der Waals surface area contributed by atoms with Crippen molar-refractivity contribution in [1.29, 1.82) is 0 Å². The second-order valence-electron chi connectivity index (χ2n) is 5.01. The van der Waals surface area contributed by atoms with Crippen LogP contribution in [0.3, 0.4) is 0 Å². The number of nitrogens with zero attached hydrogens (tertiary/aromatic N) is 1. The molecule has 1 atom stereocenters. The number of benzene rings is 1. The molecule has 0 aliphatic carbocycles. The SMILES string of the molecule is O=C(O)CCN1CCCC(SCc2ccccc2)C1. The maximum absolute atomic E-state index is 10.6. The summed E-state index contributed by atoms with van der Waals surface area (Å²) in [5.41, 5.74) is 1.37. The highest BCUT2D eigenvalue weighted by atomic mass is 32.2. The molecule has 3 nitrogen and oxygen atoms in total. The standard InChI is InChI=1S/C15H21NO2S/c17-15(18)8-10-16-9-4-7-14(11-16)19-12-13-5-2-1-3-6-13/h1-3,5-6,14H,4,7-12H2,(H,17,18). The molecule has 1 saturated heterocycles. The van der Waals surface area contributed by atoms with E-state index in [0.717, 1.165) is 18.8 Å². The summed E-state index contributed by atoms with van der Waals surface area (Å²) in [6.07, 6.45) is 2.70. The van der Waals surface area contributed by atoms with Gasteiger partial charge in [-0.2, -0.15) is 11.8 Å². The maximum Gasteiger partial charge on any atom is 0.304 e. The van der Waals surface area contributed by atoms with Crippen molar-refractivity contribution in [3.8, 4) is 0 Å². The van der Waals surface area contributed by atoms with Crippen LogP contribution in [0, 0.1) is 0 Å². The predicted octanol–water partition coefficient (Wildman–Crippen LogP) is 2.86. The van der Waals surface area contributed by atoms with E-state index in [1.165, 1.54) is 18.4 Å². The molecule has 0 bridgehead atoms. The predicted molar refractivity (Wildman–Crippen MR) is 79.5 cm³/mol. The van der Waals surface area contributed by atoms with Crippen molar-refractivity contribution in [2.75, 3.05) is 19.6 Å². The minimum Gasteiger partial charge on any atom is -0.481 e. The van der Waals surface area contributed by atoms with E-state index in [4.69, 9.17) is 5.11 Å². The number of carboxylic acids is 1. The fraction of sp³-hybridized carbons (Fsp3) is 0.533. The van der Waals surface area contributed by atoms with Gasteiger partial charge < -0.3 is 10.0 Å². The molecule has 0 amide bonds. The zero-order valence-corrected chi connectivity index (χ0v) is 11.9. The minimum atomic E-state index is -0.695. The van der Waals surface area contributed by atoms with E-state index in [2.05, 4.69) is 29.2 Å². The van der Waals surface area contributed by atoms with Crippen LogP contribution in [0.15, 0.2) is 30.3 Å².